The molecule has 2 aromatic heterocycles. The van der Waals surface area contributed by atoms with Crippen LogP contribution in [-0.2, 0) is 25.6 Å². The van der Waals surface area contributed by atoms with Crippen LogP contribution in [-0.4, -0.2) is 83.0 Å². The quantitative estimate of drug-likeness (QED) is 0.318. The molecule has 14 heteroatoms. The van der Waals surface area contributed by atoms with E-state index in [1.807, 2.05) is 24.4 Å². The predicted octanol–water partition coefficient (Wildman–Crippen LogP) is 0.997. The number of hydroxylamine groups is 2. The first-order valence-corrected chi connectivity index (χ1v) is 11.9. The molecule has 2 aliphatic heterocycles. The summed E-state index contributed by atoms with van der Waals surface area (Å²) in [4.78, 5) is 45.2. The number of nitrogens with zero attached hydrogens (tertiary/aromatic N) is 5. The van der Waals surface area contributed by atoms with E-state index in [0.29, 0.717) is 16.5 Å². The summed E-state index contributed by atoms with van der Waals surface area (Å²) < 4.78 is 0. The summed E-state index contributed by atoms with van der Waals surface area (Å²) in [6.45, 7) is 1.83. The maximum Gasteiger partial charge on any atom is 0.352 e. The van der Waals surface area contributed by atoms with Crippen molar-refractivity contribution in [2.45, 2.75) is 35.2 Å². The predicted molar refractivity (Wildman–Crippen MR) is 113 cm³/mol. The number of aromatic amines is 1. The second-order valence-electron chi connectivity index (χ2n) is 6.65. The van der Waals surface area contributed by atoms with Gasteiger partial charge in [0.05, 0.1) is 13.5 Å². The topological polar surface area (TPSA) is 142 Å². The molecule has 2 N–H and O–H groups in total. The lowest BCUT2D eigenvalue weighted by Gasteiger charge is -2.52. The van der Waals surface area contributed by atoms with Crippen LogP contribution in [0.3, 0.4) is 0 Å². The van der Waals surface area contributed by atoms with Crippen molar-refractivity contribution >= 4 is 52.6 Å². The van der Waals surface area contributed by atoms with Gasteiger partial charge in [0.25, 0.3) is 11.8 Å². The fourth-order valence-corrected chi connectivity index (χ4v) is 6.60. The zero-order valence-corrected chi connectivity index (χ0v) is 18.9. The molecule has 0 spiro atoms. The molecule has 11 nitrogen and oxygen atoms in total. The van der Waals surface area contributed by atoms with Crippen LogP contribution in [0.4, 0.5) is 0 Å². The summed E-state index contributed by atoms with van der Waals surface area (Å²) in [5, 5.41) is 26.0. The third kappa shape index (κ3) is 4.07. The van der Waals surface area contributed by atoms with Crippen molar-refractivity contribution in [3.63, 3.8) is 0 Å². The molecular weight excluding hydrogens is 464 g/mol. The molecule has 2 aromatic rings. The Morgan fingerprint density at radius 2 is 2.32 bits per heavy atom. The molecular formula is C17H18N6O5S3. The molecule has 3 atom stereocenters. The lowest BCUT2D eigenvalue weighted by atomic mass is 10.0. The number of amides is 2. The number of aromatic nitrogens is 4. The van der Waals surface area contributed by atoms with E-state index in [1.165, 1.54) is 46.9 Å². The van der Waals surface area contributed by atoms with Crippen molar-refractivity contribution in [1.82, 2.24) is 30.6 Å². The SMILES string of the molecule is CON(C(=O)Cc1cccs1)C1C(=O)N2C(C(=O)O)=C(C(C)Sc3nn[nH]n3)CS[C@H]12. The highest BCUT2D eigenvalue weighted by Crippen LogP contribution is 2.45. The molecule has 0 radical (unpaired) electrons. The van der Waals surface area contributed by atoms with E-state index in [2.05, 4.69) is 20.6 Å². The number of nitrogens with one attached hydrogen (secondary N) is 1. The third-order valence-electron chi connectivity index (χ3n) is 4.87. The molecule has 2 amide bonds. The summed E-state index contributed by atoms with van der Waals surface area (Å²) in [5.41, 5.74) is 0.527. The summed E-state index contributed by atoms with van der Waals surface area (Å²) in [5.74, 6) is -1.64. The van der Waals surface area contributed by atoms with Gasteiger partial charge in [0.2, 0.25) is 5.16 Å². The summed E-state index contributed by atoms with van der Waals surface area (Å²) >= 11 is 4.09. The number of carboxylic acid groups (broad SMARTS) is 1. The number of carboxylic acids is 1. The summed E-state index contributed by atoms with van der Waals surface area (Å²) in [6.07, 6.45) is 0.109. The molecule has 2 aliphatic rings. The molecule has 0 bridgehead atoms. The van der Waals surface area contributed by atoms with Gasteiger partial charge in [-0.2, -0.15) is 5.21 Å². The van der Waals surface area contributed by atoms with E-state index in [0.717, 1.165) is 9.94 Å². The Morgan fingerprint density at radius 1 is 1.52 bits per heavy atom. The van der Waals surface area contributed by atoms with Crippen LogP contribution in [0.25, 0.3) is 0 Å². The van der Waals surface area contributed by atoms with Crippen molar-refractivity contribution < 1.29 is 24.3 Å². The van der Waals surface area contributed by atoms with Crippen LogP contribution >= 0.6 is 34.9 Å². The average Bonchev–Trinajstić information content (AvgIpc) is 3.44. The van der Waals surface area contributed by atoms with Crippen LogP contribution in [0.5, 0.6) is 0 Å². The Bertz CT molecular complexity index is 1010. The van der Waals surface area contributed by atoms with Gasteiger partial charge in [-0.3, -0.25) is 19.3 Å². The second kappa shape index (κ2) is 8.98. The van der Waals surface area contributed by atoms with Crippen molar-refractivity contribution in [2.24, 2.45) is 0 Å². The van der Waals surface area contributed by atoms with Crippen LogP contribution < -0.4 is 0 Å². The van der Waals surface area contributed by atoms with Gasteiger partial charge in [-0.25, -0.2) is 9.86 Å². The summed E-state index contributed by atoms with van der Waals surface area (Å²) in [7, 11) is 1.33. The van der Waals surface area contributed by atoms with Crippen LogP contribution in [0, 0.1) is 0 Å². The molecule has 164 valence electrons. The maximum absolute atomic E-state index is 13.0. The van der Waals surface area contributed by atoms with Crippen molar-refractivity contribution in [3.05, 3.63) is 33.7 Å². The number of carbonyl (C=O) groups is 3. The average molecular weight is 483 g/mol. The van der Waals surface area contributed by atoms with E-state index in [4.69, 9.17) is 4.84 Å². The number of fused-ring (bicyclic) bond motifs is 1. The number of β-lactam (4-membered cyclic amide) rings is 1. The van der Waals surface area contributed by atoms with Crippen LogP contribution in [0.1, 0.15) is 11.8 Å². The number of H-pyrrole nitrogens is 1. The highest BCUT2D eigenvalue weighted by molar-refractivity contribution is 8.01. The zero-order valence-electron chi connectivity index (χ0n) is 16.4. The Balaban J connectivity index is 1.55. The summed E-state index contributed by atoms with van der Waals surface area (Å²) in [6, 6.07) is 2.80. The molecule has 4 heterocycles. The largest absolute Gasteiger partial charge is 0.477 e. The molecule has 2 unspecified atom stereocenters. The zero-order chi connectivity index (χ0) is 22.1. The number of thioether (sulfide) groups is 2. The van der Waals surface area contributed by atoms with Gasteiger partial charge in [0.15, 0.2) is 6.04 Å². The smallest absolute Gasteiger partial charge is 0.352 e. The molecule has 31 heavy (non-hydrogen) atoms. The monoisotopic (exact) mass is 482 g/mol. The molecule has 4 rings (SSSR count). The highest BCUT2D eigenvalue weighted by Gasteiger charge is 2.58. The van der Waals surface area contributed by atoms with Crippen molar-refractivity contribution in [1.29, 1.82) is 0 Å². The molecule has 1 fully saturated rings. The van der Waals surface area contributed by atoms with E-state index in [-0.39, 0.29) is 23.3 Å². The van der Waals surface area contributed by atoms with Gasteiger partial charge >= 0.3 is 5.97 Å². The number of hydrogen-bond acceptors (Lipinski definition) is 10. The van der Waals surface area contributed by atoms with Crippen LogP contribution in [0.2, 0.25) is 0 Å². The number of thiophene rings is 1. The minimum atomic E-state index is -1.19. The Hall–Kier alpha value is -2.42. The van der Waals surface area contributed by atoms with Gasteiger partial charge in [0.1, 0.15) is 11.1 Å². The second-order valence-corrected chi connectivity index (χ2v) is 10.1. The van der Waals surface area contributed by atoms with Crippen LogP contribution in [0.15, 0.2) is 33.9 Å². The van der Waals surface area contributed by atoms with E-state index < -0.39 is 23.3 Å². The molecule has 0 saturated carbocycles. The van der Waals surface area contributed by atoms with Gasteiger partial charge < -0.3 is 5.11 Å². The molecule has 0 aliphatic carbocycles. The van der Waals surface area contributed by atoms with Gasteiger partial charge in [-0.1, -0.05) is 17.8 Å². The number of carbonyl (C=O) groups excluding carboxylic acids is 2. The number of hydrogen-bond donors (Lipinski definition) is 2. The van der Waals surface area contributed by atoms with Gasteiger partial charge in [-0.15, -0.1) is 33.3 Å². The minimum Gasteiger partial charge on any atom is -0.477 e. The normalized spacial score (nSPS) is 21.5. The first-order chi connectivity index (χ1) is 14.9. The highest BCUT2D eigenvalue weighted by atomic mass is 32.2. The third-order valence-corrected chi connectivity index (χ3v) is 8.06. The lowest BCUT2D eigenvalue weighted by molar-refractivity contribution is -0.208. The number of tetrazole rings is 1. The standard InChI is InChI=1S/C17H18N6O5S3/c1-8(31-17-18-20-21-19-17)10-7-30-15-13(14(25)22(15)12(10)16(26)27)23(28-2)11(24)6-9-4-3-5-29-9/h3-5,8,13,15H,6-7H2,1-2H3,(H,26,27)(H,18,19,20,21)/t8?,13?,15-/m1/s1. The lowest BCUT2D eigenvalue weighted by Crippen LogP contribution is -2.71. The number of aliphatic carboxylic acids is 1. The maximum atomic E-state index is 13.0. The van der Waals surface area contributed by atoms with E-state index in [9.17, 15) is 19.5 Å². The van der Waals surface area contributed by atoms with E-state index >= 15 is 0 Å². The Morgan fingerprint density at radius 3 is 2.94 bits per heavy atom. The molecule has 0 aromatic carbocycles. The fraction of sp³-hybridized carbons (Fsp3) is 0.412. The van der Waals surface area contributed by atoms with E-state index in [1.54, 1.807) is 0 Å². The minimum absolute atomic E-state index is 0.0600. The Kier molecular flexibility index (Phi) is 6.31. The molecule has 1 saturated heterocycles. The van der Waals surface area contributed by atoms with Gasteiger partial charge in [0, 0.05) is 15.9 Å². The fourth-order valence-electron chi connectivity index (χ4n) is 3.46. The van der Waals surface area contributed by atoms with Crippen molar-refractivity contribution in [3.8, 4) is 0 Å². The first kappa shape index (κ1) is 21.8. The van der Waals surface area contributed by atoms with Gasteiger partial charge in [-0.05, 0) is 29.2 Å². The van der Waals surface area contributed by atoms with Crippen molar-refractivity contribution in [2.75, 3.05) is 12.9 Å². The first-order valence-electron chi connectivity index (χ1n) is 9.12. The Labute approximate surface area is 189 Å². The number of rotatable bonds is 8.